The number of thiophene rings is 1. The fraction of sp³-hybridized carbons (Fsp3) is 0.286. The quantitative estimate of drug-likeness (QED) is 0.822. The van der Waals surface area contributed by atoms with Crippen LogP contribution in [0.15, 0.2) is 44.4 Å². The van der Waals surface area contributed by atoms with Crippen LogP contribution in [0.1, 0.15) is 17.2 Å². The average molecular weight is 390 g/mol. The van der Waals surface area contributed by atoms with Crippen molar-refractivity contribution in [2.75, 3.05) is 13.7 Å². The molecule has 7 heteroatoms. The Labute approximate surface area is 137 Å². The number of sulfonamides is 1. The molecule has 2 rings (SSSR count). The van der Waals surface area contributed by atoms with Gasteiger partial charge in [-0.1, -0.05) is 24.3 Å². The van der Waals surface area contributed by atoms with Crippen LogP contribution in [0.2, 0.25) is 0 Å². The molecular weight excluding hydrogens is 374 g/mol. The van der Waals surface area contributed by atoms with Crippen molar-refractivity contribution in [1.29, 1.82) is 0 Å². The molecule has 114 valence electrons. The lowest BCUT2D eigenvalue weighted by Gasteiger charge is -2.18. The highest BCUT2D eigenvalue weighted by Gasteiger charge is 2.20. The lowest BCUT2D eigenvalue weighted by Crippen LogP contribution is -2.29. The summed E-state index contributed by atoms with van der Waals surface area (Å²) >= 11 is 4.44. The van der Waals surface area contributed by atoms with Crippen LogP contribution in [0.5, 0.6) is 0 Å². The molecule has 21 heavy (non-hydrogen) atoms. The molecule has 4 nitrogen and oxygen atoms in total. The molecule has 1 aromatic carbocycles. The summed E-state index contributed by atoms with van der Waals surface area (Å²) in [5, 5.41) is 0. The van der Waals surface area contributed by atoms with Crippen molar-refractivity contribution >= 4 is 37.3 Å². The summed E-state index contributed by atoms with van der Waals surface area (Å²) < 4.78 is 33.5. The molecule has 1 heterocycles. The predicted molar refractivity (Wildman–Crippen MR) is 88.1 cm³/mol. The van der Waals surface area contributed by atoms with Crippen LogP contribution >= 0.6 is 27.3 Å². The molecular formula is C14H16BrNO3S2. The first kappa shape index (κ1) is 16.6. The topological polar surface area (TPSA) is 55.4 Å². The SMILES string of the molecule is CO[C@H](CNS(=O)(=O)c1ccc(Br)s1)c1ccccc1C. The maximum atomic E-state index is 12.2. The van der Waals surface area contributed by atoms with Gasteiger partial charge in [0.2, 0.25) is 10.0 Å². The molecule has 0 saturated heterocycles. The van der Waals surface area contributed by atoms with E-state index in [-0.39, 0.29) is 16.9 Å². The molecule has 0 radical (unpaired) electrons. The summed E-state index contributed by atoms with van der Waals surface area (Å²) in [5.74, 6) is 0. The number of hydrogen-bond acceptors (Lipinski definition) is 4. The van der Waals surface area contributed by atoms with Crippen LogP contribution in [0.25, 0.3) is 0 Å². The Morgan fingerprint density at radius 1 is 1.29 bits per heavy atom. The van der Waals surface area contributed by atoms with Crippen LogP contribution in [-0.4, -0.2) is 22.1 Å². The highest BCUT2D eigenvalue weighted by atomic mass is 79.9. The second-order valence-corrected chi connectivity index (χ2v) is 8.95. The third-order valence-corrected chi connectivity index (χ3v) is 6.63. The minimum atomic E-state index is -3.51. The lowest BCUT2D eigenvalue weighted by atomic mass is 10.0. The van der Waals surface area contributed by atoms with Crippen molar-refractivity contribution in [2.24, 2.45) is 0 Å². The van der Waals surface area contributed by atoms with Gasteiger partial charge in [-0.05, 0) is 46.1 Å². The zero-order valence-electron chi connectivity index (χ0n) is 11.7. The average Bonchev–Trinajstić information content (AvgIpc) is 2.89. The molecule has 1 atom stereocenters. The molecule has 0 saturated carbocycles. The van der Waals surface area contributed by atoms with Crippen molar-refractivity contribution in [3.63, 3.8) is 0 Å². The van der Waals surface area contributed by atoms with Crippen molar-refractivity contribution in [3.8, 4) is 0 Å². The van der Waals surface area contributed by atoms with E-state index in [1.807, 2.05) is 31.2 Å². The Kier molecular flexibility index (Phi) is 5.56. The van der Waals surface area contributed by atoms with E-state index in [0.717, 1.165) is 14.9 Å². The first-order chi connectivity index (χ1) is 9.94. The van der Waals surface area contributed by atoms with Gasteiger partial charge in [0.25, 0.3) is 0 Å². The van der Waals surface area contributed by atoms with E-state index in [1.54, 1.807) is 19.2 Å². The highest BCUT2D eigenvalue weighted by molar-refractivity contribution is 9.11. The molecule has 0 amide bonds. The number of halogens is 1. The largest absolute Gasteiger partial charge is 0.375 e. The van der Waals surface area contributed by atoms with Crippen molar-refractivity contribution in [3.05, 3.63) is 51.3 Å². The van der Waals surface area contributed by atoms with Gasteiger partial charge in [-0.3, -0.25) is 0 Å². The van der Waals surface area contributed by atoms with E-state index in [2.05, 4.69) is 20.7 Å². The molecule has 0 aliphatic heterocycles. The molecule has 1 N–H and O–H groups in total. The van der Waals surface area contributed by atoms with Crippen molar-refractivity contribution < 1.29 is 13.2 Å². The van der Waals surface area contributed by atoms with Gasteiger partial charge in [0.05, 0.1) is 9.89 Å². The summed E-state index contributed by atoms with van der Waals surface area (Å²) in [6.07, 6.45) is -0.315. The first-order valence-electron chi connectivity index (χ1n) is 6.27. The predicted octanol–water partition coefficient (Wildman–Crippen LogP) is 3.49. The number of aryl methyl sites for hydroxylation is 1. The van der Waals surface area contributed by atoms with E-state index < -0.39 is 10.0 Å². The Morgan fingerprint density at radius 3 is 2.57 bits per heavy atom. The summed E-state index contributed by atoms with van der Waals surface area (Å²) in [4.78, 5) is 0. The van der Waals surface area contributed by atoms with E-state index in [4.69, 9.17) is 4.74 Å². The molecule has 0 fully saturated rings. The highest BCUT2D eigenvalue weighted by Crippen LogP contribution is 2.26. The van der Waals surface area contributed by atoms with Crippen molar-refractivity contribution in [1.82, 2.24) is 4.72 Å². The summed E-state index contributed by atoms with van der Waals surface area (Å²) in [5.41, 5.74) is 2.05. The van der Waals surface area contributed by atoms with Gasteiger partial charge < -0.3 is 4.74 Å². The Hall–Kier alpha value is -0.730. The molecule has 0 bridgehead atoms. The maximum absolute atomic E-state index is 12.2. The fourth-order valence-electron chi connectivity index (χ4n) is 1.97. The van der Waals surface area contributed by atoms with E-state index in [1.165, 1.54) is 11.3 Å². The first-order valence-corrected chi connectivity index (χ1v) is 9.36. The zero-order chi connectivity index (χ0) is 15.5. The monoisotopic (exact) mass is 389 g/mol. The maximum Gasteiger partial charge on any atom is 0.250 e. The van der Waals surface area contributed by atoms with Crippen LogP contribution in [0.4, 0.5) is 0 Å². The van der Waals surface area contributed by atoms with E-state index >= 15 is 0 Å². The van der Waals surface area contributed by atoms with Crippen LogP contribution in [-0.2, 0) is 14.8 Å². The number of hydrogen-bond donors (Lipinski definition) is 1. The van der Waals surface area contributed by atoms with E-state index in [0.29, 0.717) is 0 Å². The third kappa shape index (κ3) is 4.14. The molecule has 0 aliphatic rings. The van der Waals surface area contributed by atoms with Crippen LogP contribution < -0.4 is 4.72 Å². The van der Waals surface area contributed by atoms with Gasteiger partial charge in [0.1, 0.15) is 4.21 Å². The molecule has 2 aromatic rings. The molecule has 0 unspecified atom stereocenters. The lowest BCUT2D eigenvalue weighted by molar-refractivity contribution is 0.107. The van der Waals surface area contributed by atoms with Gasteiger partial charge in [-0.25, -0.2) is 13.1 Å². The second kappa shape index (κ2) is 7.02. The van der Waals surface area contributed by atoms with Crippen molar-refractivity contribution in [2.45, 2.75) is 17.2 Å². The van der Waals surface area contributed by atoms with Gasteiger partial charge in [0, 0.05) is 13.7 Å². The number of nitrogens with one attached hydrogen (secondary N) is 1. The Morgan fingerprint density at radius 2 is 2.00 bits per heavy atom. The van der Waals surface area contributed by atoms with Gasteiger partial charge in [0.15, 0.2) is 0 Å². The van der Waals surface area contributed by atoms with E-state index in [9.17, 15) is 8.42 Å². The Balaban J connectivity index is 2.12. The Bertz CT molecular complexity index is 713. The van der Waals surface area contributed by atoms with Gasteiger partial charge >= 0.3 is 0 Å². The van der Waals surface area contributed by atoms with Gasteiger partial charge in [-0.15, -0.1) is 11.3 Å². The second-order valence-electron chi connectivity index (χ2n) is 4.49. The number of rotatable bonds is 6. The zero-order valence-corrected chi connectivity index (χ0v) is 14.9. The standard InChI is InChI=1S/C14H16BrNO3S2/c1-10-5-3-4-6-11(10)12(19-2)9-16-21(17,18)14-8-7-13(15)20-14/h3-8,12,16H,9H2,1-2H3/t12-/m1/s1. The molecule has 0 aliphatic carbocycles. The smallest absolute Gasteiger partial charge is 0.250 e. The summed E-state index contributed by atoms with van der Waals surface area (Å²) in [7, 11) is -1.93. The number of methoxy groups -OCH3 is 1. The van der Waals surface area contributed by atoms with Gasteiger partial charge in [-0.2, -0.15) is 0 Å². The normalized spacial score (nSPS) is 13.3. The number of ether oxygens (including phenoxy) is 1. The number of benzene rings is 1. The minimum Gasteiger partial charge on any atom is -0.375 e. The minimum absolute atomic E-state index is 0.194. The molecule has 1 aromatic heterocycles. The summed E-state index contributed by atoms with van der Waals surface area (Å²) in [6.45, 7) is 2.17. The molecule has 0 spiro atoms. The van der Waals surface area contributed by atoms with Crippen LogP contribution in [0, 0.1) is 6.92 Å². The van der Waals surface area contributed by atoms with Crippen LogP contribution in [0.3, 0.4) is 0 Å². The fourth-order valence-corrected chi connectivity index (χ4v) is 5.05. The third-order valence-electron chi connectivity index (χ3n) is 3.09. The summed E-state index contributed by atoms with van der Waals surface area (Å²) in [6, 6.07) is 11.1.